The summed E-state index contributed by atoms with van der Waals surface area (Å²) in [5.74, 6) is 0.254. The molecule has 5 aliphatic rings. The number of benzene rings is 2. The first kappa shape index (κ1) is 37.5. The summed E-state index contributed by atoms with van der Waals surface area (Å²) in [4.78, 5) is 73.3. The van der Waals surface area contributed by atoms with Gasteiger partial charge in [-0.2, -0.15) is 0 Å². The average molecular weight is 785 g/mol. The normalized spacial score (nSPS) is 21.9. The molecule has 0 bridgehead atoms. The van der Waals surface area contributed by atoms with Crippen LogP contribution in [-0.4, -0.2) is 122 Å². The molecule has 7 heterocycles. The number of piperazine rings is 1. The van der Waals surface area contributed by atoms with Crippen molar-refractivity contribution in [2.24, 2.45) is 5.92 Å². The number of nitrogens with one attached hydrogen (secondary N) is 3. The number of carbonyl (C=O) groups is 4. The molecule has 4 aromatic rings. The van der Waals surface area contributed by atoms with Gasteiger partial charge in [-0.3, -0.25) is 44.6 Å². The largest absolute Gasteiger partial charge is 0.354 e. The fourth-order valence-electron chi connectivity index (χ4n) is 8.99. The van der Waals surface area contributed by atoms with Crippen molar-refractivity contribution < 1.29 is 23.6 Å². The summed E-state index contributed by atoms with van der Waals surface area (Å²) in [5.41, 5.74) is 4.06. The number of fused-ring (bicyclic) bond motifs is 1. The number of piperidine rings is 1. The number of halogens is 1. The van der Waals surface area contributed by atoms with Crippen molar-refractivity contribution in [1.29, 1.82) is 5.41 Å². The first-order valence-electron chi connectivity index (χ1n) is 20.0. The van der Waals surface area contributed by atoms with Gasteiger partial charge in [0, 0.05) is 65.3 Å². The Balaban J connectivity index is 0.734. The molecular formula is C43H45FN10O4. The third-order valence-electron chi connectivity index (χ3n) is 12.0. The third-order valence-corrected chi connectivity index (χ3v) is 12.0. The molecule has 58 heavy (non-hydrogen) atoms. The van der Waals surface area contributed by atoms with Gasteiger partial charge in [0.2, 0.25) is 11.8 Å². The van der Waals surface area contributed by atoms with E-state index < -0.39 is 29.7 Å². The number of imide groups is 2. The van der Waals surface area contributed by atoms with Gasteiger partial charge in [0.1, 0.15) is 29.3 Å². The summed E-state index contributed by atoms with van der Waals surface area (Å²) in [7, 11) is 0. The van der Waals surface area contributed by atoms with E-state index in [2.05, 4.69) is 30.0 Å². The number of amidine groups is 1. The average Bonchev–Trinajstić information content (AvgIpc) is 3.96. The minimum atomic E-state index is -0.966. The Hall–Kier alpha value is -6.06. The molecule has 0 saturated carbocycles. The standard InChI is InChI=1S/C43H45FN10O4/c44-30-5-1-4-29(21-30)35-7-3-15-53(35)37(45)12-13-38-46-22-34(47-38)33-6-2-8-39(48-33)52-18-16-50(17-19-52)24-28-25-51(26-28)23-27-9-10-31-32(20-27)43(58)54(42(31)57)36-11-14-40(55)49-41(36)56/h1-2,4-6,8-10,12-13,20-22,28,35-36,45H,3,7,11,14-19,23-26H2,(H,46,47)(H,49,55,56)/b13-12-,45-37?/t35-,36?/m1/s1. The Bertz CT molecular complexity index is 2310. The Morgan fingerprint density at radius 1 is 0.879 bits per heavy atom. The number of likely N-dealkylation sites (tertiary alicyclic amines) is 2. The molecule has 4 fully saturated rings. The van der Waals surface area contributed by atoms with Gasteiger partial charge in [0.25, 0.3) is 11.8 Å². The third kappa shape index (κ3) is 7.54. The smallest absolute Gasteiger partial charge is 0.262 e. The molecule has 3 N–H and O–H groups in total. The van der Waals surface area contributed by atoms with Crippen LogP contribution in [0.2, 0.25) is 0 Å². The topological polar surface area (TPSA) is 162 Å². The number of pyridine rings is 1. The summed E-state index contributed by atoms with van der Waals surface area (Å²) in [6.45, 7) is 7.97. The van der Waals surface area contributed by atoms with Crippen molar-refractivity contribution in [3.8, 4) is 11.4 Å². The second-order valence-electron chi connectivity index (χ2n) is 15.9. The molecule has 4 saturated heterocycles. The van der Waals surface area contributed by atoms with Crippen molar-refractivity contribution in [3.05, 3.63) is 107 Å². The Labute approximate surface area is 335 Å². The Morgan fingerprint density at radius 2 is 1.69 bits per heavy atom. The van der Waals surface area contributed by atoms with Crippen LogP contribution in [0.3, 0.4) is 0 Å². The lowest BCUT2D eigenvalue weighted by molar-refractivity contribution is -0.136. The van der Waals surface area contributed by atoms with Crippen LogP contribution in [0, 0.1) is 17.1 Å². The molecular weight excluding hydrogens is 740 g/mol. The van der Waals surface area contributed by atoms with E-state index in [4.69, 9.17) is 10.4 Å². The van der Waals surface area contributed by atoms with Gasteiger partial charge in [-0.15, -0.1) is 0 Å². The van der Waals surface area contributed by atoms with Crippen molar-refractivity contribution in [1.82, 2.24) is 39.9 Å². The highest BCUT2D eigenvalue weighted by Crippen LogP contribution is 2.33. The number of anilines is 1. The van der Waals surface area contributed by atoms with Crippen molar-refractivity contribution >= 4 is 41.4 Å². The summed E-state index contributed by atoms with van der Waals surface area (Å²) < 4.78 is 13.9. The molecule has 0 aliphatic carbocycles. The zero-order valence-electron chi connectivity index (χ0n) is 32.1. The molecule has 298 valence electrons. The second-order valence-corrected chi connectivity index (χ2v) is 15.9. The first-order valence-corrected chi connectivity index (χ1v) is 20.0. The summed E-state index contributed by atoms with van der Waals surface area (Å²) in [5, 5.41) is 11.0. The lowest BCUT2D eigenvalue weighted by Gasteiger charge is -2.44. The number of hydrogen-bond acceptors (Lipinski definition) is 10. The SMILES string of the molecule is N=C(/C=C\c1ncc(-c2cccc(N3CCN(CC4CN(Cc5ccc6c(c5)C(=O)N(C5CCC(=O)NC5=O)C6=O)C4)CC3)n2)[nH]1)N1CCC[C@@H]1c1cccc(F)c1. The number of rotatable bonds is 10. The number of H-pyrrole nitrogens is 1. The zero-order valence-corrected chi connectivity index (χ0v) is 32.1. The minimum absolute atomic E-state index is 0.0141. The van der Waals surface area contributed by atoms with Crippen LogP contribution >= 0.6 is 0 Å². The number of imidazole rings is 1. The van der Waals surface area contributed by atoms with Gasteiger partial charge < -0.3 is 14.8 Å². The molecule has 0 spiro atoms. The van der Waals surface area contributed by atoms with Crippen LogP contribution in [0.1, 0.15) is 69.4 Å². The molecule has 14 nitrogen and oxygen atoms in total. The molecule has 0 radical (unpaired) electrons. The molecule has 2 aromatic carbocycles. The number of hydrogen-bond donors (Lipinski definition) is 3. The van der Waals surface area contributed by atoms with E-state index in [1.54, 1.807) is 42.6 Å². The van der Waals surface area contributed by atoms with Crippen molar-refractivity contribution in [3.63, 3.8) is 0 Å². The second kappa shape index (κ2) is 15.7. The molecule has 5 aliphatic heterocycles. The van der Waals surface area contributed by atoms with Crippen LogP contribution in [0.4, 0.5) is 10.2 Å². The van der Waals surface area contributed by atoms with E-state index in [0.29, 0.717) is 35.2 Å². The predicted octanol–water partition coefficient (Wildman–Crippen LogP) is 4.09. The predicted molar refractivity (Wildman–Crippen MR) is 214 cm³/mol. The zero-order chi connectivity index (χ0) is 39.9. The highest BCUT2D eigenvalue weighted by molar-refractivity contribution is 6.23. The lowest BCUT2D eigenvalue weighted by Crippen LogP contribution is -2.54. The lowest BCUT2D eigenvalue weighted by atomic mass is 9.97. The van der Waals surface area contributed by atoms with Crippen LogP contribution in [0.15, 0.2) is 72.9 Å². The van der Waals surface area contributed by atoms with E-state index in [0.717, 1.165) is 98.4 Å². The summed E-state index contributed by atoms with van der Waals surface area (Å²) in [6, 6.07) is 17.0. The highest BCUT2D eigenvalue weighted by atomic mass is 19.1. The first-order chi connectivity index (χ1) is 28.2. The van der Waals surface area contributed by atoms with E-state index >= 15 is 0 Å². The molecule has 2 aromatic heterocycles. The van der Waals surface area contributed by atoms with Gasteiger partial charge in [-0.1, -0.05) is 24.3 Å². The van der Waals surface area contributed by atoms with Gasteiger partial charge in [0.05, 0.1) is 34.8 Å². The van der Waals surface area contributed by atoms with E-state index in [1.807, 2.05) is 35.2 Å². The van der Waals surface area contributed by atoms with Gasteiger partial charge >= 0.3 is 0 Å². The fourth-order valence-corrected chi connectivity index (χ4v) is 8.99. The number of amides is 4. The number of aromatic amines is 1. The summed E-state index contributed by atoms with van der Waals surface area (Å²) >= 11 is 0. The van der Waals surface area contributed by atoms with Crippen molar-refractivity contribution in [2.45, 2.75) is 44.3 Å². The molecule has 15 heteroatoms. The number of aromatic nitrogens is 3. The minimum Gasteiger partial charge on any atom is -0.354 e. The molecule has 9 rings (SSSR count). The quantitative estimate of drug-likeness (QED) is 0.121. The van der Waals surface area contributed by atoms with Crippen LogP contribution in [0.25, 0.3) is 17.5 Å². The van der Waals surface area contributed by atoms with E-state index in [1.165, 1.54) is 6.07 Å². The van der Waals surface area contributed by atoms with Crippen LogP contribution in [0.5, 0.6) is 0 Å². The van der Waals surface area contributed by atoms with Crippen LogP contribution < -0.4 is 10.2 Å². The maximum atomic E-state index is 13.9. The van der Waals surface area contributed by atoms with E-state index in [-0.39, 0.29) is 24.7 Å². The Kier molecular flexibility index (Phi) is 10.2. The monoisotopic (exact) mass is 784 g/mol. The number of carbonyl (C=O) groups excluding carboxylic acids is 4. The molecule has 1 unspecified atom stereocenters. The number of nitrogens with zero attached hydrogens (tertiary/aromatic N) is 7. The van der Waals surface area contributed by atoms with Crippen molar-refractivity contribution in [2.75, 3.05) is 57.3 Å². The maximum Gasteiger partial charge on any atom is 0.262 e. The molecule has 4 amide bonds. The highest BCUT2D eigenvalue weighted by Gasteiger charge is 2.45. The maximum absolute atomic E-state index is 13.9. The van der Waals surface area contributed by atoms with Gasteiger partial charge in [0.15, 0.2) is 0 Å². The van der Waals surface area contributed by atoms with Gasteiger partial charge in [-0.25, -0.2) is 14.4 Å². The Morgan fingerprint density at radius 3 is 2.50 bits per heavy atom. The van der Waals surface area contributed by atoms with Crippen LogP contribution in [-0.2, 0) is 16.1 Å². The fraction of sp³-hybridized carbons (Fsp3) is 0.372. The summed E-state index contributed by atoms with van der Waals surface area (Å²) in [6.07, 6.45) is 7.38. The molecule has 2 atom stereocenters. The van der Waals surface area contributed by atoms with Gasteiger partial charge in [-0.05, 0) is 84.9 Å². The van der Waals surface area contributed by atoms with E-state index in [9.17, 15) is 23.6 Å².